The molecule has 0 spiro atoms. The summed E-state index contributed by atoms with van der Waals surface area (Å²) in [6.07, 6.45) is 0. The van der Waals surface area contributed by atoms with Gasteiger partial charge in [0.05, 0.1) is 5.75 Å². The third-order valence-corrected chi connectivity index (χ3v) is 6.73. The molecule has 1 saturated heterocycles. The summed E-state index contributed by atoms with van der Waals surface area (Å²) in [6.45, 7) is 5.12. The second-order valence-corrected chi connectivity index (χ2v) is 9.40. The van der Waals surface area contributed by atoms with E-state index in [9.17, 15) is 26.4 Å². The first-order valence-electron chi connectivity index (χ1n) is 9.89. The second kappa shape index (κ2) is 9.27. The molecule has 1 amide bonds. The molecule has 31 heavy (non-hydrogen) atoms. The maximum Gasteiger partial charge on any atom is 0.253 e. The molecule has 0 bridgehead atoms. The zero-order valence-corrected chi connectivity index (χ0v) is 18.1. The molecule has 1 aliphatic heterocycles. The number of carbonyl (C=O) groups is 1. The number of hydrogen-bond acceptors (Lipinski definition) is 4. The minimum absolute atomic E-state index is 0.0480. The Labute approximate surface area is 179 Å². The van der Waals surface area contributed by atoms with Crippen LogP contribution < -0.4 is 4.72 Å². The van der Waals surface area contributed by atoms with Gasteiger partial charge in [0.25, 0.3) is 5.91 Å². The van der Waals surface area contributed by atoms with Gasteiger partial charge in [0.15, 0.2) is 17.5 Å². The lowest BCUT2D eigenvalue weighted by molar-refractivity contribution is 0.0581. The fraction of sp³-hybridized carbons (Fsp3) is 0.381. The summed E-state index contributed by atoms with van der Waals surface area (Å²) >= 11 is 0. The third-order valence-electron chi connectivity index (χ3n) is 5.42. The highest BCUT2D eigenvalue weighted by molar-refractivity contribution is 7.92. The summed E-state index contributed by atoms with van der Waals surface area (Å²) in [5.74, 6) is -4.16. The van der Waals surface area contributed by atoms with Crippen molar-refractivity contribution < 1.29 is 26.4 Å². The lowest BCUT2D eigenvalue weighted by Crippen LogP contribution is -2.49. The fourth-order valence-corrected chi connectivity index (χ4v) is 4.09. The van der Waals surface area contributed by atoms with Crippen LogP contribution in [0.3, 0.4) is 0 Å². The molecule has 10 heteroatoms. The van der Waals surface area contributed by atoms with Crippen molar-refractivity contribution >= 4 is 21.6 Å². The van der Waals surface area contributed by atoms with Gasteiger partial charge in [-0.2, -0.15) is 0 Å². The van der Waals surface area contributed by atoms with E-state index in [1.807, 2.05) is 4.90 Å². The molecule has 168 valence electrons. The molecule has 2 aromatic carbocycles. The van der Waals surface area contributed by atoms with E-state index in [0.717, 1.165) is 12.1 Å². The van der Waals surface area contributed by atoms with E-state index in [0.29, 0.717) is 43.0 Å². The topological polar surface area (TPSA) is 69.7 Å². The van der Waals surface area contributed by atoms with E-state index >= 15 is 0 Å². The number of amides is 1. The summed E-state index contributed by atoms with van der Waals surface area (Å²) in [5, 5.41) is 0. The molecule has 1 N–H and O–H groups in total. The Hall–Kier alpha value is -2.59. The van der Waals surface area contributed by atoms with Crippen LogP contribution in [0.25, 0.3) is 0 Å². The first-order valence-corrected chi connectivity index (χ1v) is 11.5. The number of rotatable bonds is 6. The van der Waals surface area contributed by atoms with Crippen LogP contribution in [0.15, 0.2) is 36.4 Å². The van der Waals surface area contributed by atoms with E-state index in [1.54, 1.807) is 24.0 Å². The molecule has 0 radical (unpaired) electrons. The monoisotopic (exact) mass is 455 g/mol. The summed E-state index contributed by atoms with van der Waals surface area (Å²) in [6, 6.07) is 7.85. The van der Waals surface area contributed by atoms with Crippen LogP contribution in [0.4, 0.5) is 18.9 Å². The van der Waals surface area contributed by atoms with E-state index in [2.05, 4.69) is 4.72 Å². The predicted octanol–water partition coefficient (Wildman–Crippen LogP) is 3.38. The number of nitrogens with zero attached hydrogens (tertiary/aromatic N) is 2. The van der Waals surface area contributed by atoms with Crippen molar-refractivity contribution in [2.75, 3.05) is 36.7 Å². The van der Waals surface area contributed by atoms with Crippen LogP contribution >= 0.6 is 0 Å². The van der Waals surface area contributed by atoms with Gasteiger partial charge >= 0.3 is 0 Å². The number of nitrogens with one attached hydrogen (secondary N) is 1. The highest BCUT2D eigenvalue weighted by Gasteiger charge is 2.26. The van der Waals surface area contributed by atoms with Gasteiger partial charge in [-0.25, -0.2) is 21.6 Å². The van der Waals surface area contributed by atoms with Gasteiger partial charge in [-0.1, -0.05) is 0 Å². The van der Waals surface area contributed by atoms with Crippen molar-refractivity contribution in [1.29, 1.82) is 0 Å². The highest BCUT2D eigenvalue weighted by Crippen LogP contribution is 2.25. The summed E-state index contributed by atoms with van der Waals surface area (Å²) < 4.78 is 66.0. The number of anilines is 1. The average Bonchev–Trinajstić information content (AvgIpc) is 2.76. The lowest BCUT2D eigenvalue weighted by Gasteiger charge is -2.38. The molecular formula is C21H24F3N3O3S. The second-order valence-electron chi connectivity index (χ2n) is 7.39. The van der Waals surface area contributed by atoms with Crippen LogP contribution in [0.2, 0.25) is 0 Å². The Morgan fingerprint density at radius 1 is 1.03 bits per heavy atom. The van der Waals surface area contributed by atoms with Crippen molar-refractivity contribution in [2.24, 2.45) is 0 Å². The maximum absolute atomic E-state index is 13.5. The Kier molecular flexibility index (Phi) is 6.90. The van der Waals surface area contributed by atoms with Gasteiger partial charge in [-0.3, -0.25) is 14.4 Å². The van der Waals surface area contributed by atoms with Crippen LogP contribution in [0.1, 0.15) is 35.8 Å². The zero-order valence-electron chi connectivity index (χ0n) is 17.2. The average molecular weight is 456 g/mol. The number of halogens is 3. The van der Waals surface area contributed by atoms with Crippen molar-refractivity contribution in [2.45, 2.75) is 19.9 Å². The van der Waals surface area contributed by atoms with Gasteiger partial charge in [0.2, 0.25) is 10.0 Å². The van der Waals surface area contributed by atoms with Crippen LogP contribution in [-0.2, 0) is 10.0 Å². The molecule has 1 unspecified atom stereocenters. The SMILES string of the molecule is CCS(=O)(=O)Nc1ccc(C(=O)N2CCN(C(C)c3cc(F)c(F)c(F)c3)CC2)cc1. The van der Waals surface area contributed by atoms with Crippen molar-refractivity contribution in [1.82, 2.24) is 9.80 Å². The minimum Gasteiger partial charge on any atom is -0.336 e. The van der Waals surface area contributed by atoms with E-state index in [1.165, 1.54) is 19.1 Å². The van der Waals surface area contributed by atoms with Gasteiger partial charge in [0.1, 0.15) is 0 Å². The lowest BCUT2D eigenvalue weighted by atomic mass is 10.0. The van der Waals surface area contributed by atoms with Crippen molar-refractivity contribution in [3.8, 4) is 0 Å². The van der Waals surface area contributed by atoms with Crippen LogP contribution in [0, 0.1) is 17.5 Å². The molecule has 0 aromatic heterocycles. The summed E-state index contributed by atoms with van der Waals surface area (Å²) in [4.78, 5) is 16.4. The number of sulfonamides is 1. The number of hydrogen-bond donors (Lipinski definition) is 1. The smallest absolute Gasteiger partial charge is 0.253 e. The Morgan fingerprint density at radius 2 is 1.58 bits per heavy atom. The molecule has 1 heterocycles. The first-order chi connectivity index (χ1) is 14.6. The summed E-state index contributed by atoms with van der Waals surface area (Å²) in [7, 11) is -3.39. The Balaban J connectivity index is 1.61. The molecule has 1 atom stereocenters. The molecule has 0 saturated carbocycles. The Bertz CT molecular complexity index is 1030. The molecule has 6 nitrogen and oxygen atoms in total. The van der Waals surface area contributed by atoms with Crippen molar-refractivity contribution in [3.63, 3.8) is 0 Å². The first kappa shape index (κ1) is 23.1. The molecule has 1 fully saturated rings. The van der Waals surface area contributed by atoms with Gasteiger partial charge in [-0.15, -0.1) is 0 Å². The van der Waals surface area contributed by atoms with Crippen LogP contribution in [-0.4, -0.2) is 56.1 Å². The fourth-order valence-electron chi connectivity index (χ4n) is 3.45. The number of piperazine rings is 1. The number of carbonyl (C=O) groups excluding carboxylic acids is 1. The molecular weight excluding hydrogens is 431 g/mol. The van der Waals surface area contributed by atoms with Crippen molar-refractivity contribution in [3.05, 3.63) is 65.0 Å². The molecule has 1 aliphatic rings. The van der Waals surface area contributed by atoms with E-state index < -0.39 is 27.5 Å². The molecule has 3 rings (SSSR count). The highest BCUT2D eigenvalue weighted by atomic mass is 32.2. The zero-order chi connectivity index (χ0) is 22.8. The predicted molar refractivity (Wildman–Crippen MR) is 112 cm³/mol. The maximum atomic E-state index is 13.5. The van der Waals surface area contributed by atoms with Crippen LogP contribution in [0.5, 0.6) is 0 Å². The quantitative estimate of drug-likeness (QED) is 0.678. The third kappa shape index (κ3) is 5.37. The number of benzene rings is 2. The largest absolute Gasteiger partial charge is 0.336 e. The summed E-state index contributed by atoms with van der Waals surface area (Å²) in [5.41, 5.74) is 1.15. The molecule has 0 aliphatic carbocycles. The van der Waals surface area contributed by atoms with E-state index in [-0.39, 0.29) is 17.7 Å². The van der Waals surface area contributed by atoms with Gasteiger partial charge in [0, 0.05) is 43.5 Å². The van der Waals surface area contributed by atoms with Gasteiger partial charge in [-0.05, 0) is 55.8 Å². The van der Waals surface area contributed by atoms with Gasteiger partial charge < -0.3 is 4.90 Å². The molecule has 2 aromatic rings. The minimum atomic E-state index is -3.39. The Morgan fingerprint density at radius 3 is 2.10 bits per heavy atom. The normalized spacial score (nSPS) is 16.2. The van der Waals surface area contributed by atoms with E-state index in [4.69, 9.17) is 0 Å². The standard InChI is InChI=1S/C21H24F3N3O3S/c1-3-31(29,30)25-17-6-4-15(5-7-17)21(28)27-10-8-26(9-11-27)14(2)16-12-18(22)20(24)19(23)13-16/h4-7,12-14,25H,3,8-11H2,1-2H3.